The van der Waals surface area contributed by atoms with E-state index in [4.69, 9.17) is 14.7 Å². The van der Waals surface area contributed by atoms with E-state index in [2.05, 4.69) is 17.1 Å². The van der Waals surface area contributed by atoms with Crippen molar-refractivity contribution in [3.8, 4) is 11.4 Å². The number of nitrogens with zero attached hydrogens (tertiary/aromatic N) is 2. The molecule has 2 atom stereocenters. The molecule has 1 aliphatic carbocycles. The number of furan rings is 1. The predicted octanol–water partition coefficient (Wildman–Crippen LogP) is 2.10. The van der Waals surface area contributed by atoms with Crippen LogP contribution in [0.3, 0.4) is 0 Å². The summed E-state index contributed by atoms with van der Waals surface area (Å²) in [6.07, 6.45) is 6.32. The van der Waals surface area contributed by atoms with Crippen LogP contribution in [0.1, 0.15) is 32.1 Å². The van der Waals surface area contributed by atoms with Crippen LogP contribution in [0.25, 0.3) is 11.4 Å². The number of hydrogen-bond donors (Lipinski definition) is 1. The number of aromatic nitrogens is 2. The Morgan fingerprint density at radius 2 is 2.41 bits per heavy atom. The molecule has 0 spiro atoms. The first-order valence-corrected chi connectivity index (χ1v) is 5.82. The molecule has 1 saturated carbocycles. The van der Waals surface area contributed by atoms with Gasteiger partial charge in [-0.2, -0.15) is 4.98 Å². The second-order valence-corrected chi connectivity index (χ2v) is 4.85. The topological polar surface area (TPSA) is 78.1 Å². The highest BCUT2D eigenvalue weighted by molar-refractivity contribution is 5.51. The van der Waals surface area contributed by atoms with Crippen molar-refractivity contribution in [3.63, 3.8) is 0 Å². The minimum atomic E-state index is -0.186. The van der Waals surface area contributed by atoms with Crippen molar-refractivity contribution in [2.75, 3.05) is 0 Å². The molecule has 0 aromatic carbocycles. The van der Waals surface area contributed by atoms with Crippen LogP contribution in [0.5, 0.6) is 0 Å². The molecule has 2 aromatic rings. The van der Waals surface area contributed by atoms with Crippen molar-refractivity contribution in [2.24, 2.45) is 5.73 Å². The summed E-state index contributed by atoms with van der Waals surface area (Å²) in [4.78, 5) is 4.44. The lowest BCUT2D eigenvalue weighted by Crippen LogP contribution is -2.38. The van der Waals surface area contributed by atoms with Crippen LogP contribution in [-0.4, -0.2) is 16.2 Å². The first-order valence-electron chi connectivity index (χ1n) is 5.82. The molecule has 17 heavy (non-hydrogen) atoms. The maximum atomic E-state index is 6.13. The van der Waals surface area contributed by atoms with E-state index in [0.717, 1.165) is 24.8 Å². The molecule has 2 aromatic heterocycles. The van der Waals surface area contributed by atoms with Gasteiger partial charge in [-0.15, -0.1) is 0 Å². The molecular formula is C12H15N3O2. The van der Waals surface area contributed by atoms with Crippen LogP contribution in [0.15, 0.2) is 27.5 Å². The zero-order valence-corrected chi connectivity index (χ0v) is 9.72. The second-order valence-electron chi connectivity index (χ2n) is 4.85. The lowest BCUT2D eigenvalue weighted by molar-refractivity contribution is 0.278. The average Bonchev–Trinajstić information content (AvgIpc) is 3.01. The molecule has 1 aliphatic rings. The van der Waals surface area contributed by atoms with Crippen LogP contribution >= 0.6 is 0 Å². The SMILES string of the molecule is CC1(c2nc(-c3ccoc3)no2)CCCC1N. The van der Waals surface area contributed by atoms with Crippen molar-refractivity contribution in [2.45, 2.75) is 37.6 Å². The quantitative estimate of drug-likeness (QED) is 0.859. The lowest BCUT2D eigenvalue weighted by atomic mass is 9.85. The van der Waals surface area contributed by atoms with Crippen LogP contribution in [0.2, 0.25) is 0 Å². The van der Waals surface area contributed by atoms with Crippen molar-refractivity contribution in [1.82, 2.24) is 10.1 Å². The largest absolute Gasteiger partial charge is 0.472 e. The van der Waals surface area contributed by atoms with Gasteiger partial charge in [0.15, 0.2) is 0 Å². The minimum Gasteiger partial charge on any atom is -0.472 e. The predicted molar refractivity (Wildman–Crippen MR) is 61.2 cm³/mol. The molecular weight excluding hydrogens is 218 g/mol. The maximum Gasteiger partial charge on any atom is 0.234 e. The first-order chi connectivity index (χ1) is 8.20. The summed E-state index contributed by atoms with van der Waals surface area (Å²) in [6, 6.07) is 1.91. The third-order valence-corrected chi connectivity index (χ3v) is 3.72. The highest BCUT2D eigenvalue weighted by atomic mass is 16.5. The van der Waals surface area contributed by atoms with E-state index in [1.54, 1.807) is 12.5 Å². The molecule has 0 radical (unpaired) electrons. The van der Waals surface area contributed by atoms with E-state index in [9.17, 15) is 0 Å². The normalized spacial score (nSPS) is 28.7. The van der Waals surface area contributed by atoms with Crippen LogP contribution in [-0.2, 0) is 5.41 Å². The monoisotopic (exact) mass is 233 g/mol. The minimum absolute atomic E-state index is 0.0974. The molecule has 0 amide bonds. The van der Waals surface area contributed by atoms with Crippen molar-refractivity contribution < 1.29 is 8.94 Å². The van der Waals surface area contributed by atoms with E-state index < -0.39 is 0 Å². The summed E-state index contributed by atoms with van der Waals surface area (Å²) in [7, 11) is 0. The number of hydrogen-bond acceptors (Lipinski definition) is 5. The summed E-state index contributed by atoms with van der Waals surface area (Å²) in [5.41, 5.74) is 6.77. The van der Waals surface area contributed by atoms with E-state index in [0.29, 0.717) is 11.7 Å². The molecule has 5 heteroatoms. The van der Waals surface area contributed by atoms with E-state index in [1.807, 2.05) is 6.07 Å². The first kappa shape index (κ1) is 10.5. The highest BCUT2D eigenvalue weighted by Crippen LogP contribution is 2.39. The highest BCUT2D eigenvalue weighted by Gasteiger charge is 2.42. The molecule has 0 aliphatic heterocycles. The summed E-state index contributed by atoms with van der Waals surface area (Å²) in [5, 5.41) is 3.98. The zero-order chi connectivity index (χ0) is 11.9. The fourth-order valence-electron chi connectivity index (χ4n) is 2.42. The smallest absolute Gasteiger partial charge is 0.234 e. The molecule has 2 N–H and O–H groups in total. The Morgan fingerprint density at radius 3 is 3.06 bits per heavy atom. The molecule has 0 saturated heterocycles. The Hall–Kier alpha value is -1.62. The molecule has 0 bridgehead atoms. The molecule has 2 heterocycles. The fourth-order valence-corrected chi connectivity index (χ4v) is 2.42. The summed E-state index contributed by atoms with van der Waals surface area (Å²) >= 11 is 0. The van der Waals surface area contributed by atoms with Gasteiger partial charge in [0, 0.05) is 6.04 Å². The van der Waals surface area contributed by atoms with Gasteiger partial charge in [-0.1, -0.05) is 11.6 Å². The van der Waals surface area contributed by atoms with Crippen LogP contribution in [0, 0.1) is 0 Å². The fraction of sp³-hybridized carbons (Fsp3) is 0.500. The van der Waals surface area contributed by atoms with E-state index in [-0.39, 0.29) is 11.5 Å². The number of rotatable bonds is 2. The zero-order valence-electron chi connectivity index (χ0n) is 9.72. The third-order valence-electron chi connectivity index (χ3n) is 3.72. The van der Waals surface area contributed by atoms with Gasteiger partial charge in [-0.25, -0.2) is 0 Å². The second kappa shape index (κ2) is 3.70. The Bertz CT molecular complexity index is 506. The van der Waals surface area contributed by atoms with Gasteiger partial charge in [-0.3, -0.25) is 0 Å². The number of nitrogens with two attached hydrogens (primary N) is 1. The van der Waals surface area contributed by atoms with E-state index in [1.165, 1.54) is 0 Å². The van der Waals surface area contributed by atoms with Crippen molar-refractivity contribution in [1.29, 1.82) is 0 Å². The summed E-state index contributed by atoms with van der Waals surface area (Å²) < 4.78 is 10.4. The van der Waals surface area contributed by atoms with Crippen molar-refractivity contribution in [3.05, 3.63) is 24.5 Å². The van der Waals surface area contributed by atoms with Gasteiger partial charge < -0.3 is 14.7 Å². The lowest BCUT2D eigenvalue weighted by Gasteiger charge is -2.23. The molecule has 1 fully saturated rings. The van der Waals surface area contributed by atoms with Gasteiger partial charge in [-0.05, 0) is 25.8 Å². The third kappa shape index (κ3) is 1.58. The summed E-state index contributed by atoms with van der Waals surface area (Å²) in [5.74, 6) is 1.20. The van der Waals surface area contributed by atoms with Gasteiger partial charge in [0.1, 0.15) is 6.26 Å². The molecule has 5 nitrogen and oxygen atoms in total. The van der Waals surface area contributed by atoms with Gasteiger partial charge in [0.2, 0.25) is 11.7 Å². The van der Waals surface area contributed by atoms with Gasteiger partial charge >= 0.3 is 0 Å². The Balaban J connectivity index is 1.95. The van der Waals surface area contributed by atoms with Crippen molar-refractivity contribution >= 4 is 0 Å². The van der Waals surface area contributed by atoms with Gasteiger partial charge in [0.25, 0.3) is 0 Å². The Kier molecular flexibility index (Phi) is 2.29. The Morgan fingerprint density at radius 1 is 1.53 bits per heavy atom. The molecule has 90 valence electrons. The van der Waals surface area contributed by atoms with Crippen LogP contribution < -0.4 is 5.73 Å². The average molecular weight is 233 g/mol. The standard InChI is InChI=1S/C12H15N3O2/c1-12(5-2-3-9(12)13)11-14-10(15-17-11)8-4-6-16-7-8/h4,6-7,9H,2-3,5,13H2,1H3. The van der Waals surface area contributed by atoms with E-state index >= 15 is 0 Å². The maximum absolute atomic E-state index is 6.13. The van der Waals surface area contributed by atoms with Crippen LogP contribution in [0.4, 0.5) is 0 Å². The Labute approximate surface area is 99.0 Å². The summed E-state index contributed by atoms with van der Waals surface area (Å²) in [6.45, 7) is 2.09. The molecule has 2 unspecified atom stereocenters. The van der Waals surface area contributed by atoms with Gasteiger partial charge in [0.05, 0.1) is 17.2 Å². The molecule has 3 rings (SSSR count).